The van der Waals surface area contributed by atoms with Crippen molar-refractivity contribution in [2.24, 2.45) is 5.41 Å². The third-order valence-electron chi connectivity index (χ3n) is 5.35. The van der Waals surface area contributed by atoms with Gasteiger partial charge in [0, 0.05) is 43.0 Å². The Bertz CT molecular complexity index is 915. The van der Waals surface area contributed by atoms with Gasteiger partial charge in [0.05, 0.1) is 5.56 Å². The first-order valence-corrected chi connectivity index (χ1v) is 9.24. The van der Waals surface area contributed by atoms with E-state index in [0.29, 0.717) is 23.8 Å². The van der Waals surface area contributed by atoms with E-state index in [1.807, 2.05) is 38.1 Å². The first kappa shape index (κ1) is 18.2. The number of carbonyl (C=O) groups excluding carboxylic acids is 1. The van der Waals surface area contributed by atoms with Crippen molar-refractivity contribution < 1.29 is 19.4 Å². The maximum absolute atomic E-state index is 13.0. The minimum atomic E-state index is -1.15. The van der Waals surface area contributed by atoms with Crippen LogP contribution in [0, 0.1) is 5.41 Å². The summed E-state index contributed by atoms with van der Waals surface area (Å²) < 4.78 is 5.74. The van der Waals surface area contributed by atoms with E-state index < -0.39 is 11.4 Å². The Balaban J connectivity index is 1.61. The molecule has 2 aromatic rings. The number of amides is 1. The average molecular weight is 382 g/mol. The van der Waals surface area contributed by atoms with Crippen LogP contribution >= 0.6 is 0 Å². The van der Waals surface area contributed by atoms with Gasteiger partial charge in [-0.25, -0.2) is 9.97 Å². The molecule has 4 rings (SSSR count). The van der Waals surface area contributed by atoms with Gasteiger partial charge in [0.1, 0.15) is 17.8 Å². The Morgan fingerprint density at radius 3 is 2.68 bits per heavy atom. The lowest BCUT2D eigenvalue weighted by Gasteiger charge is -2.35. The third-order valence-corrected chi connectivity index (χ3v) is 5.35. The fourth-order valence-corrected chi connectivity index (χ4v) is 3.95. The topological polar surface area (TPSA) is 105 Å². The fraction of sp³-hybridized carbons (Fsp3) is 0.400. The van der Waals surface area contributed by atoms with E-state index in [1.165, 1.54) is 12.4 Å². The molecular formula is C20H22N4O4. The molecule has 146 valence electrons. The summed E-state index contributed by atoms with van der Waals surface area (Å²) in [5.74, 6) is -0.405. The fourth-order valence-electron chi connectivity index (χ4n) is 3.95. The van der Waals surface area contributed by atoms with Crippen LogP contribution in [0.25, 0.3) is 0 Å². The number of carbonyl (C=O) groups is 2. The lowest BCUT2D eigenvalue weighted by molar-refractivity contribution is -0.151. The van der Waals surface area contributed by atoms with Crippen molar-refractivity contribution in [2.75, 3.05) is 25.0 Å². The number of carboxylic acids is 1. The van der Waals surface area contributed by atoms with Gasteiger partial charge in [0.15, 0.2) is 0 Å². The Hall–Kier alpha value is -3.16. The summed E-state index contributed by atoms with van der Waals surface area (Å²) >= 11 is 0. The predicted molar refractivity (Wildman–Crippen MR) is 101 cm³/mol. The Kier molecular flexibility index (Phi) is 4.41. The minimum absolute atomic E-state index is 0.0432. The van der Waals surface area contributed by atoms with E-state index in [0.717, 1.165) is 5.56 Å². The Labute approximate surface area is 162 Å². The number of fused-ring (bicyclic) bond motifs is 3. The van der Waals surface area contributed by atoms with Crippen molar-refractivity contribution >= 4 is 17.8 Å². The number of benzene rings is 1. The second-order valence-corrected chi connectivity index (χ2v) is 7.62. The van der Waals surface area contributed by atoms with Crippen molar-refractivity contribution in [3.8, 4) is 5.75 Å². The monoisotopic (exact) mass is 382 g/mol. The number of ether oxygens (including phenoxy) is 1. The van der Waals surface area contributed by atoms with Crippen molar-refractivity contribution in [1.82, 2.24) is 14.9 Å². The molecule has 1 aromatic heterocycles. The van der Waals surface area contributed by atoms with E-state index in [2.05, 4.69) is 15.3 Å². The van der Waals surface area contributed by atoms with E-state index in [4.69, 9.17) is 4.74 Å². The molecule has 3 heterocycles. The highest BCUT2D eigenvalue weighted by Crippen LogP contribution is 2.49. The summed E-state index contributed by atoms with van der Waals surface area (Å²) in [5, 5.41) is 13.0. The first-order chi connectivity index (χ1) is 13.4. The number of hydrogen-bond acceptors (Lipinski definition) is 6. The van der Waals surface area contributed by atoms with Crippen molar-refractivity contribution in [1.29, 1.82) is 0 Å². The minimum Gasteiger partial charge on any atom is -0.492 e. The SMILES string of the molecule is CC(C)Nc1ncc(C(=O)N2C[C@@H]3c4ccccc4OC[C@]3(C(=O)O)C2)cn1. The molecule has 8 heteroatoms. The van der Waals surface area contributed by atoms with Gasteiger partial charge in [-0.1, -0.05) is 18.2 Å². The van der Waals surface area contributed by atoms with Gasteiger partial charge in [-0.05, 0) is 19.9 Å². The molecule has 2 N–H and O–H groups in total. The van der Waals surface area contributed by atoms with Crippen molar-refractivity contribution in [3.63, 3.8) is 0 Å². The molecule has 0 bridgehead atoms. The molecular weight excluding hydrogens is 360 g/mol. The number of aliphatic carboxylic acids is 1. The van der Waals surface area contributed by atoms with Crippen LogP contribution in [-0.2, 0) is 4.79 Å². The molecule has 8 nitrogen and oxygen atoms in total. The maximum Gasteiger partial charge on any atom is 0.315 e. The summed E-state index contributed by atoms with van der Waals surface area (Å²) in [7, 11) is 0. The van der Waals surface area contributed by atoms with Crippen LogP contribution in [0.1, 0.15) is 35.7 Å². The molecule has 1 amide bonds. The van der Waals surface area contributed by atoms with Gasteiger partial charge >= 0.3 is 5.97 Å². The average Bonchev–Trinajstić information content (AvgIpc) is 3.09. The zero-order valence-electron chi connectivity index (χ0n) is 15.8. The molecule has 2 aliphatic rings. The van der Waals surface area contributed by atoms with E-state index >= 15 is 0 Å². The molecule has 0 saturated carbocycles. The third kappa shape index (κ3) is 2.94. The molecule has 2 atom stereocenters. The zero-order chi connectivity index (χ0) is 19.9. The zero-order valence-corrected chi connectivity index (χ0v) is 15.8. The second kappa shape index (κ2) is 6.78. The maximum atomic E-state index is 13.0. The molecule has 0 radical (unpaired) electrons. The number of nitrogens with one attached hydrogen (secondary N) is 1. The molecule has 0 unspecified atom stereocenters. The van der Waals surface area contributed by atoms with E-state index in [9.17, 15) is 14.7 Å². The summed E-state index contributed by atoms with van der Waals surface area (Å²) in [4.78, 5) is 35.1. The van der Waals surface area contributed by atoms with Crippen molar-refractivity contribution in [3.05, 3.63) is 47.8 Å². The Morgan fingerprint density at radius 1 is 1.29 bits per heavy atom. The van der Waals surface area contributed by atoms with Crippen molar-refractivity contribution in [2.45, 2.75) is 25.8 Å². The number of nitrogens with zero attached hydrogens (tertiary/aromatic N) is 3. The summed E-state index contributed by atoms with van der Waals surface area (Å²) in [5.41, 5.74) is 0.0196. The number of likely N-dealkylation sites (tertiary alicyclic amines) is 1. The molecule has 28 heavy (non-hydrogen) atoms. The summed E-state index contributed by atoms with van der Waals surface area (Å²) in [6.45, 7) is 4.39. The van der Waals surface area contributed by atoms with Crippen LogP contribution in [0.2, 0.25) is 0 Å². The highest BCUT2D eigenvalue weighted by atomic mass is 16.5. The highest BCUT2D eigenvalue weighted by Gasteiger charge is 2.57. The lowest BCUT2D eigenvalue weighted by atomic mass is 9.73. The Morgan fingerprint density at radius 2 is 2.00 bits per heavy atom. The van der Waals surface area contributed by atoms with Crippen LogP contribution in [0.5, 0.6) is 5.75 Å². The van der Waals surface area contributed by atoms with Crippen LogP contribution in [0.3, 0.4) is 0 Å². The first-order valence-electron chi connectivity index (χ1n) is 9.24. The van der Waals surface area contributed by atoms with Gasteiger partial charge in [0.2, 0.25) is 5.95 Å². The summed E-state index contributed by atoms with van der Waals surface area (Å²) in [6, 6.07) is 7.60. The number of anilines is 1. The molecule has 0 aliphatic carbocycles. The van der Waals surface area contributed by atoms with Gasteiger partial charge in [-0.15, -0.1) is 0 Å². The van der Waals surface area contributed by atoms with E-state index in [-0.39, 0.29) is 31.0 Å². The standard InChI is InChI=1S/C20H22N4O4/c1-12(2)23-19-21-7-13(8-22-19)17(25)24-9-15-14-5-3-4-6-16(14)28-11-20(15,10-24)18(26)27/h3-8,12,15H,9-11H2,1-2H3,(H,26,27)(H,21,22,23)/t15-,20-/m1/s1. The largest absolute Gasteiger partial charge is 0.492 e. The number of para-hydroxylation sites is 1. The molecule has 1 saturated heterocycles. The van der Waals surface area contributed by atoms with E-state index in [1.54, 1.807) is 4.90 Å². The number of aromatic nitrogens is 2. The quantitative estimate of drug-likeness (QED) is 0.833. The van der Waals surface area contributed by atoms with Crippen LogP contribution < -0.4 is 10.1 Å². The molecule has 2 aliphatic heterocycles. The number of carboxylic acid groups (broad SMARTS) is 1. The predicted octanol–water partition coefficient (Wildman–Crippen LogP) is 2.00. The van der Waals surface area contributed by atoms with Gasteiger partial charge in [-0.2, -0.15) is 0 Å². The van der Waals surface area contributed by atoms with Gasteiger partial charge in [0.25, 0.3) is 5.91 Å². The van der Waals surface area contributed by atoms with Gasteiger partial charge < -0.3 is 20.1 Å². The molecule has 0 spiro atoms. The summed E-state index contributed by atoms with van der Waals surface area (Å²) in [6.07, 6.45) is 2.94. The number of hydrogen-bond donors (Lipinski definition) is 2. The number of rotatable bonds is 4. The molecule has 1 fully saturated rings. The smallest absolute Gasteiger partial charge is 0.315 e. The van der Waals surface area contributed by atoms with Gasteiger partial charge in [-0.3, -0.25) is 9.59 Å². The van der Waals surface area contributed by atoms with Crippen LogP contribution in [0.4, 0.5) is 5.95 Å². The van der Waals surface area contributed by atoms with Crippen LogP contribution in [-0.4, -0.2) is 57.6 Å². The lowest BCUT2D eigenvalue weighted by Crippen LogP contribution is -2.46. The normalized spacial score (nSPS) is 23.0. The molecule has 1 aromatic carbocycles. The highest BCUT2D eigenvalue weighted by molar-refractivity contribution is 5.95. The second-order valence-electron chi connectivity index (χ2n) is 7.62. The van der Waals surface area contributed by atoms with Crippen LogP contribution in [0.15, 0.2) is 36.7 Å².